The van der Waals surface area contributed by atoms with E-state index in [-0.39, 0.29) is 38.5 Å². The van der Waals surface area contributed by atoms with Crippen LogP contribution in [0.25, 0.3) is 0 Å². The van der Waals surface area contributed by atoms with E-state index in [9.17, 15) is 28.0 Å². The fourth-order valence-corrected chi connectivity index (χ4v) is 4.86. The van der Waals surface area contributed by atoms with Crippen LogP contribution in [-0.4, -0.2) is 34.9 Å². The summed E-state index contributed by atoms with van der Waals surface area (Å²) in [6.45, 7) is 0. The number of halogens is 5. The first-order valence-corrected chi connectivity index (χ1v) is 12.6. The predicted octanol–water partition coefficient (Wildman–Crippen LogP) is 0.525. The van der Waals surface area contributed by atoms with Crippen molar-refractivity contribution < 1.29 is 52.6 Å². The van der Waals surface area contributed by atoms with Crippen LogP contribution in [0.15, 0.2) is 39.0 Å². The van der Waals surface area contributed by atoms with Crippen molar-refractivity contribution in [3.05, 3.63) is 60.1 Å². The maximum absolute atomic E-state index is 13.0. The molecule has 2 aromatic rings. The SMILES string of the molecule is O=C1NC(C(=O)Nc2cc(Cl)c(Oc3c[nH]c(=O)c(C(=O)NC4CC(F)(F)C4)c3)c(Cl)c2)=C[I-]O1. The predicted molar refractivity (Wildman–Crippen MR) is 115 cm³/mol. The number of carbonyl (C=O) groups excluding carboxylic acids is 3. The molecule has 0 radical (unpaired) electrons. The third-order valence-electron chi connectivity index (χ3n) is 4.77. The molecule has 1 aromatic heterocycles. The van der Waals surface area contributed by atoms with Gasteiger partial charge in [-0.15, -0.1) is 0 Å². The Morgan fingerprint density at radius 3 is 2.46 bits per heavy atom. The van der Waals surface area contributed by atoms with Gasteiger partial charge in [0.1, 0.15) is 0 Å². The van der Waals surface area contributed by atoms with Crippen LogP contribution >= 0.6 is 23.2 Å². The molecule has 0 unspecified atom stereocenters. The van der Waals surface area contributed by atoms with Crippen molar-refractivity contribution >= 4 is 46.8 Å². The topological polar surface area (TPSA) is 139 Å². The van der Waals surface area contributed by atoms with Gasteiger partial charge in [0.05, 0.1) is 0 Å². The Kier molecular flexibility index (Phi) is 7.19. The summed E-state index contributed by atoms with van der Waals surface area (Å²) in [7, 11) is 0. The quantitative estimate of drug-likeness (QED) is 0.340. The van der Waals surface area contributed by atoms with Crippen molar-refractivity contribution in [2.45, 2.75) is 24.8 Å². The van der Waals surface area contributed by atoms with Gasteiger partial charge < -0.3 is 5.32 Å². The molecule has 0 atom stereocenters. The van der Waals surface area contributed by atoms with Gasteiger partial charge in [0.25, 0.3) is 17.4 Å². The van der Waals surface area contributed by atoms with Crippen molar-refractivity contribution in [1.29, 1.82) is 0 Å². The number of aromatic nitrogens is 1. The maximum atomic E-state index is 13.0. The Labute approximate surface area is 216 Å². The molecule has 0 bridgehead atoms. The number of ether oxygens (including phenoxy) is 1. The third-order valence-corrected chi connectivity index (χ3v) is 6.87. The van der Waals surface area contributed by atoms with Crippen molar-refractivity contribution in [3.63, 3.8) is 0 Å². The second-order valence-electron chi connectivity index (χ2n) is 7.44. The van der Waals surface area contributed by atoms with E-state index in [2.05, 4.69) is 20.9 Å². The number of benzene rings is 1. The molecule has 1 fully saturated rings. The first-order chi connectivity index (χ1) is 16.5. The van der Waals surface area contributed by atoms with Gasteiger partial charge in [-0.25, -0.2) is 8.78 Å². The number of pyridine rings is 1. The molecule has 10 nitrogen and oxygen atoms in total. The Bertz CT molecular complexity index is 1290. The van der Waals surface area contributed by atoms with Crippen LogP contribution < -0.4 is 47.9 Å². The molecule has 1 aliphatic carbocycles. The van der Waals surface area contributed by atoms with Gasteiger partial charge in [0.2, 0.25) is 0 Å². The van der Waals surface area contributed by atoms with E-state index >= 15 is 0 Å². The van der Waals surface area contributed by atoms with Gasteiger partial charge in [-0.05, 0) is 0 Å². The second kappa shape index (κ2) is 9.99. The summed E-state index contributed by atoms with van der Waals surface area (Å²) in [6, 6.07) is 3.07. The molecule has 15 heteroatoms. The zero-order chi connectivity index (χ0) is 25.3. The van der Waals surface area contributed by atoms with E-state index in [1.165, 1.54) is 22.4 Å². The number of anilines is 1. The number of aromatic amines is 1. The van der Waals surface area contributed by atoms with Gasteiger partial charge >= 0.3 is 157 Å². The van der Waals surface area contributed by atoms with Gasteiger partial charge in [-0.1, -0.05) is 0 Å². The average Bonchev–Trinajstić information content (AvgIpc) is 2.76. The summed E-state index contributed by atoms with van der Waals surface area (Å²) in [5.74, 6) is -4.31. The zero-order valence-electron chi connectivity index (χ0n) is 17.2. The summed E-state index contributed by atoms with van der Waals surface area (Å²) in [4.78, 5) is 50.3. The Morgan fingerprint density at radius 2 is 1.83 bits per heavy atom. The van der Waals surface area contributed by atoms with E-state index < -0.39 is 69.9 Å². The number of hydrogen-bond acceptors (Lipinski definition) is 6. The van der Waals surface area contributed by atoms with Gasteiger partial charge in [0, 0.05) is 18.9 Å². The zero-order valence-corrected chi connectivity index (χ0v) is 20.9. The number of hydrogen-bond donors (Lipinski definition) is 4. The minimum atomic E-state index is -2.83. The molecule has 0 spiro atoms. The van der Waals surface area contributed by atoms with Crippen LogP contribution in [0.1, 0.15) is 23.2 Å². The van der Waals surface area contributed by atoms with Crippen LogP contribution in [0.3, 0.4) is 0 Å². The molecule has 1 aromatic carbocycles. The number of H-pyrrole nitrogens is 1. The van der Waals surface area contributed by atoms with Crippen molar-refractivity contribution in [2.24, 2.45) is 0 Å². The molecule has 4 N–H and O–H groups in total. The second-order valence-corrected chi connectivity index (χ2v) is 9.83. The Hall–Kier alpha value is -2.91. The van der Waals surface area contributed by atoms with Crippen LogP contribution in [0.4, 0.5) is 19.3 Å². The monoisotopic (exact) mass is 641 g/mol. The Morgan fingerprint density at radius 1 is 1.14 bits per heavy atom. The van der Waals surface area contributed by atoms with E-state index in [0.29, 0.717) is 0 Å². The standard InChI is InChI=1S/C20H14Cl2F2IN4O6/c21-12-1-8(27-18(32)14-6-25-35-19(33)29-14)2-13(22)15(12)34-10-3-11(16(30)26-7-10)17(31)28-9-4-20(23,24)5-9/h1-3,6-7,9H,4-5H2,(H,26,30)(H,27,32)(H,28,31)(H,29,33)/q-1. The molecule has 1 saturated carbocycles. The number of nitrogens with one attached hydrogen (secondary N) is 4. The summed E-state index contributed by atoms with van der Waals surface area (Å²) >= 11 is 11.5. The number of rotatable bonds is 6. The number of carbonyl (C=O) groups is 3. The van der Waals surface area contributed by atoms with Crippen LogP contribution in [-0.2, 0) is 7.86 Å². The fourth-order valence-electron chi connectivity index (χ4n) is 3.13. The van der Waals surface area contributed by atoms with Crippen LogP contribution in [0.2, 0.25) is 10.0 Å². The summed E-state index contributed by atoms with van der Waals surface area (Å²) in [5.41, 5.74) is -0.848. The van der Waals surface area contributed by atoms with E-state index in [4.69, 9.17) is 31.0 Å². The molecule has 2 aliphatic rings. The van der Waals surface area contributed by atoms with E-state index in [1.54, 1.807) is 0 Å². The number of amides is 3. The molecule has 35 heavy (non-hydrogen) atoms. The molecule has 2 heterocycles. The molecular formula is C20H14Cl2F2IN4O6-. The molecule has 1 aliphatic heterocycles. The first-order valence-electron chi connectivity index (χ1n) is 9.72. The van der Waals surface area contributed by atoms with E-state index in [1.807, 2.05) is 0 Å². The third kappa shape index (κ3) is 6.02. The average molecular weight is 642 g/mol. The molecular weight excluding hydrogens is 628 g/mol. The molecule has 4 rings (SSSR count). The molecule has 0 saturated heterocycles. The normalized spacial score (nSPS) is 17.0. The van der Waals surface area contributed by atoms with Crippen LogP contribution in [0, 0.1) is 0 Å². The fraction of sp³-hybridized carbons (Fsp3) is 0.200. The molecule has 186 valence electrons. The van der Waals surface area contributed by atoms with Crippen molar-refractivity contribution in [3.8, 4) is 11.5 Å². The van der Waals surface area contributed by atoms with Gasteiger partial charge in [0.15, 0.2) is 0 Å². The Balaban J connectivity index is 1.47. The van der Waals surface area contributed by atoms with Crippen LogP contribution in [0.5, 0.6) is 11.5 Å². The van der Waals surface area contributed by atoms with Crippen molar-refractivity contribution in [2.75, 3.05) is 5.32 Å². The van der Waals surface area contributed by atoms with E-state index in [0.717, 1.165) is 6.07 Å². The van der Waals surface area contributed by atoms with Gasteiger partial charge in [-0.2, -0.15) is 0 Å². The summed E-state index contributed by atoms with van der Waals surface area (Å²) in [5, 5.41) is 7.16. The molecule has 3 amide bonds. The minimum absolute atomic E-state index is 0.00623. The first kappa shape index (κ1) is 25.2. The summed E-state index contributed by atoms with van der Waals surface area (Å²) < 4.78 is 37.9. The van der Waals surface area contributed by atoms with Crippen molar-refractivity contribution in [1.82, 2.24) is 15.6 Å². The van der Waals surface area contributed by atoms with Gasteiger partial charge in [-0.3, -0.25) is 9.59 Å². The number of alkyl halides is 2. The summed E-state index contributed by atoms with van der Waals surface area (Å²) in [6.07, 6.45) is -0.549.